The molecule has 0 aromatic rings. The van der Waals surface area contributed by atoms with Gasteiger partial charge in [0, 0.05) is 13.1 Å². The van der Waals surface area contributed by atoms with Gasteiger partial charge in [-0.25, -0.2) is 12.7 Å². The fourth-order valence-electron chi connectivity index (χ4n) is 1.65. The average Bonchev–Trinajstić information content (AvgIpc) is 2.01. The number of nitrogens with zero attached hydrogens (tertiary/aromatic N) is 1. The minimum atomic E-state index is -3.21. The number of hydrogen-bond donors (Lipinski definition) is 1. The van der Waals surface area contributed by atoms with E-state index in [9.17, 15) is 8.42 Å². The van der Waals surface area contributed by atoms with Gasteiger partial charge < -0.3 is 5.11 Å². The van der Waals surface area contributed by atoms with Crippen molar-refractivity contribution in [1.29, 1.82) is 0 Å². The molecule has 0 aromatic carbocycles. The Labute approximate surface area is 86.0 Å². The standard InChI is InChI=1S/C9H19NO3S/c1-2-10(8-9-4-3-5-9)14(12,13)7-6-11/h9,11H,2-8H2,1H3. The van der Waals surface area contributed by atoms with Crippen molar-refractivity contribution in [1.82, 2.24) is 4.31 Å². The molecule has 0 bridgehead atoms. The van der Waals surface area contributed by atoms with Gasteiger partial charge in [0.05, 0.1) is 12.4 Å². The zero-order chi connectivity index (χ0) is 10.6. The van der Waals surface area contributed by atoms with E-state index in [-0.39, 0.29) is 12.4 Å². The SMILES string of the molecule is CCN(CC1CCC1)S(=O)(=O)CCO. The van der Waals surface area contributed by atoms with E-state index in [1.54, 1.807) is 0 Å². The highest BCUT2D eigenvalue weighted by Gasteiger charge is 2.26. The summed E-state index contributed by atoms with van der Waals surface area (Å²) in [6.07, 6.45) is 3.51. The number of sulfonamides is 1. The predicted octanol–water partition coefficient (Wildman–Crippen LogP) is 0.430. The van der Waals surface area contributed by atoms with Crippen molar-refractivity contribution in [3.63, 3.8) is 0 Å². The van der Waals surface area contributed by atoms with Gasteiger partial charge in [-0.15, -0.1) is 0 Å². The third-order valence-corrected chi connectivity index (χ3v) is 4.67. The first-order valence-corrected chi connectivity index (χ1v) is 6.79. The van der Waals surface area contributed by atoms with E-state index in [4.69, 9.17) is 5.11 Å². The van der Waals surface area contributed by atoms with Crippen LogP contribution < -0.4 is 0 Å². The maximum atomic E-state index is 11.6. The summed E-state index contributed by atoms with van der Waals surface area (Å²) >= 11 is 0. The second-order valence-corrected chi connectivity index (χ2v) is 5.88. The summed E-state index contributed by atoms with van der Waals surface area (Å²) in [5, 5.41) is 8.65. The lowest BCUT2D eigenvalue weighted by Crippen LogP contribution is -2.39. The normalized spacial score (nSPS) is 18.5. The molecule has 5 heteroatoms. The summed E-state index contributed by atoms with van der Waals surface area (Å²) in [5.74, 6) is 0.400. The molecule has 1 fully saturated rings. The van der Waals surface area contributed by atoms with Crippen LogP contribution in [0.4, 0.5) is 0 Å². The van der Waals surface area contributed by atoms with Crippen LogP contribution in [0.3, 0.4) is 0 Å². The quantitative estimate of drug-likeness (QED) is 0.707. The molecule has 84 valence electrons. The van der Waals surface area contributed by atoms with Gasteiger partial charge in [0.25, 0.3) is 0 Å². The summed E-state index contributed by atoms with van der Waals surface area (Å²) in [6, 6.07) is 0. The largest absolute Gasteiger partial charge is 0.395 e. The van der Waals surface area contributed by atoms with Crippen LogP contribution in [0.15, 0.2) is 0 Å². The molecular weight excluding hydrogens is 202 g/mol. The van der Waals surface area contributed by atoms with Gasteiger partial charge in [0.1, 0.15) is 0 Å². The van der Waals surface area contributed by atoms with E-state index in [0.29, 0.717) is 19.0 Å². The highest BCUT2D eigenvalue weighted by molar-refractivity contribution is 7.89. The monoisotopic (exact) mass is 221 g/mol. The van der Waals surface area contributed by atoms with Crippen LogP contribution in [0.25, 0.3) is 0 Å². The average molecular weight is 221 g/mol. The minimum absolute atomic E-state index is 0.145. The highest BCUT2D eigenvalue weighted by atomic mass is 32.2. The van der Waals surface area contributed by atoms with E-state index >= 15 is 0 Å². The Balaban J connectivity index is 2.50. The predicted molar refractivity (Wildman–Crippen MR) is 55.5 cm³/mol. The fourth-order valence-corrected chi connectivity index (χ4v) is 2.97. The van der Waals surface area contributed by atoms with Gasteiger partial charge in [0.2, 0.25) is 10.0 Å². The second-order valence-electron chi connectivity index (χ2n) is 3.79. The van der Waals surface area contributed by atoms with Gasteiger partial charge in [-0.2, -0.15) is 0 Å². The first kappa shape index (κ1) is 11.9. The number of aliphatic hydroxyl groups excluding tert-OH is 1. The number of aliphatic hydroxyl groups is 1. The maximum Gasteiger partial charge on any atom is 0.216 e. The first-order chi connectivity index (χ1) is 6.60. The minimum Gasteiger partial charge on any atom is -0.395 e. The number of hydrogen-bond acceptors (Lipinski definition) is 3. The summed E-state index contributed by atoms with van der Waals surface area (Å²) < 4.78 is 24.7. The molecule has 0 heterocycles. The molecule has 1 aliphatic carbocycles. The van der Waals surface area contributed by atoms with Gasteiger partial charge >= 0.3 is 0 Å². The highest BCUT2D eigenvalue weighted by Crippen LogP contribution is 2.27. The van der Waals surface area contributed by atoms with Gasteiger partial charge in [-0.3, -0.25) is 0 Å². The summed E-state index contributed by atoms with van der Waals surface area (Å²) in [4.78, 5) is 0. The van der Waals surface area contributed by atoms with E-state index in [1.807, 2.05) is 6.92 Å². The second kappa shape index (κ2) is 5.09. The molecule has 1 aliphatic rings. The smallest absolute Gasteiger partial charge is 0.216 e. The zero-order valence-corrected chi connectivity index (χ0v) is 9.46. The molecule has 14 heavy (non-hydrogen) atoms. The molecule has 1 saturated carbocycles. The van der Waals surface area contributed by atoms with Crippen molar-refractivity contribution in [2.75, 3.05) is 25.4 Å². The third kappa shape index (κ3) is 2.93. The number of rotatable bonds is 6. The van der Waals surface area contributed by atoms with Crippen molar-refractivity contribution in [3.05, 3.63) is 0 Å². The van der Waals surface area contributed by atoms with E-state index in [2.05, 4.69) is 0 Å². The third-order valence-electron chi connectivity index (χ3n) is 2.78. The Kier molecular flexibility index (Phi) is 4.34. The Morgan fingerprint density at radius 1 is 1.43 bits per heavy atom. The van der Waals surface area contributed by atoms with Crippen molar-refractivity contribution in [2.45, 2.75) is 26.2 Å². The molecule has 0 aromatic heterocycles. The maximum absolute atomic E-state index is 11.6. The lowest BCUT2D eigenvalue weighted by molar-refractivity contribution is 0.247. The molecule has 0 radical (unpaired) electrons. The molecule has 1 N–H and O–H groups in total. The summed E-state index contributed by atoms with van der Waals surface area (Å²) in [6.45, 7) is 2.70. The Morgan fingerprint density at radius 3 is 2.43 bits per heavy atom. The molecule has 1 rings (SSSR count). The molecule has 0 unspecified atom stereocenters. The van der Waals surface area contributed by atoms with Crippen molar-refractivity contribution < 1.29 is 13.5 Å². The van der Waals surface area contributed by atoms with E-state index in [1.165, 1.54) is 10.7 Å². The fraction of sp³-hybridized carbons (Fsp3) is 1.00. The van der Waals surface area contributed by atoms with Gasteiger partial charge in [0.15, 0.2) is 0 Å². The zero-order valence-electron chi connectivity index (χ0n) is 8.65. The van der Waals surface area contributed by atoms with E-state index < -0.39 is 10.0 Å². The first-order valence-electron chi connectivity index (χ1n) is 5.19. The Morgan fingerprint density at radius 2 is 2.07 bits per heavy atom. The van der Waals surface area contributed by atoms with Gasteiger partial charge in [-0.05, 0) is 18.8 Å². The van der Waals surface area contributed by atoms with Crippen LogP contribution in [-0.2, 0) is 10.0 Å². The molecule has 0 aliphatic heterocycles. The Bertz CT molecular complexity index is 259. The van der Waals surface area contributed by atoms with Crippen LogP contribution in [0.1, 0.15) is 26.2 Å². The van der Waals surface area contributed by atoms with Crippen LogP contribution in [0, 0.1) is 5.92 Å². The van der Waals surface area contributed by atoms with Crippen molar-refractivity contribution in [2.24, 2.45) is 5.92 Å². The molecule has 0 saturated heterocycles. The van der Waals surface area contributed by atoms with Crippen LogP contribution in [0.5, 0.6) is 0 Å². The van der Waals surface area contributed by atoms with Crippen LogP contribution >= 0.6 is 0 Å². The van der Waals surface area contributed by atoms with E-state index in [0.717, 1.165) is 12.8 Å². The molecular formula is C9H19NO3S. The van der Waals surface area contributed by atoms with Crippen LogP contribution in [-0.4, -0.2) is 43.3 Å². The Hall–Kier alpha value is -0.130. The van der Waals surface area contributed by atoms with Crippen molar-refractivity contribution >= 4 is 10.0 Å². The molecule has 0 spiro atoms. The summed E-state index contributed by atoms with van der Waals surface area (Å²) in [5.41, 5.74) is 0. The lowest BCUT2D eigenvalue weighted by atomic mass is 9.85. The lowest BCUT2D eigenvalue weighted by Gasteiger charge is -2.31. The van der Waals surface area contributed by atoms with Gasteiger partial charge in [-0.1, -0.05) is 13.3 Å². The van der Waals surface area contributed by atoms with Crippen LogP contribution in [0.2, 0.25) is 0 Å². The topological polar surface area (TPSA) is 57.6 Å². The summed E-state index contributed by atoms with van der Waals surface area (Å²) in [7, 11) is -3.21. The molecule has 4 nitrogen and oxygen atoms in total. The van der Waals surface area contributed by atoms with Crippen molar-refractivity contribution in [3.8, 4) is 0 Å². The molecule has 0 amide bonds. The molecule has 0 atom stereocenters.